The number of benzene rings is 3. The van der Waals surface area contributed by atoms with E-state index < -0.39 is 0 Å². The molecule has 150 valence electrons. The Morgan fingerprint density at radius 2 is 1.80 bits per heavy atom. The van der Waals surface area contributed by atoms with Crippen molar-refractivity contribution in [3.63, 3.8) is 0 Å². The maximum Gasteiger partial charge on any atom is 0.258 e. The first-order valence-electron chi connectivity index (χ1n) is 9.31. The summed E-state index contributed by atoms with van der Waals surface area (Å²) in [6, 6.07) is 21.8. The van der Waals surface area contributed by atoms with Gasteiger partial charge in [-0.1, -0.05) is 24.3 Å². The molecule has 1 aliphatic rings. The summed E-state index contributed by atoms with van der Waals surface area (Å²) in [7, 11) is 1.54. The first-order chi connectivity index (χ1) is 14.5. The Hall–Kier alpha value is -3.71. The maximum atomic E-state index is 12.6. The highest BCUT2D eigenvalue weighted by molar-refractivity contribution is 7.80. The van der Waals surface area contributed by atoms with Crippen molar-refractivity contribution < 1.29 is 14.3 Å². The van der Waals surface area contributed by atoms with E-state index in [0.29, 0.717) is 23.5 Å². The number of hydrogen-bond acceptors (Lipinski definition) is 4. The molecule has 0 saturated heterocycles. The number of fused-ring (bicyclic) bond motifs is 1. The van der Waals surface area contributed by atoms with Crippen LogP contribution in [-0.2, 0) is 6.54 Å². The van der Waals surface area contributed by atoms with E-state index in [1.807, 2.05) is 48.5 Å². The average molecular weight is 417 g/mol. The highest BCUT2D eigenvalue weighted by atomic mass is 32.1. The zero-order chi connectivity index (χ0) is 21.1. The van der Waals surface area contributed by atoms with Gasteiger partial charge in [-0.15, -0.1) is 0 Å². The molecule has 3 aromatic rings. The van der Waals surface area contributed by atoms with Gasteiger partial charge in [0.05, 0.1) is 13.7 Å². The third kappa shape index (κ3) is 4.01. The van der Waals surface area contributed by atoms with Crippen molar-refractivity contribution in [2.24, 2.45) is 0 Å². The SMILES string of the molecule is COc1cccc(C(=O)NC(=S)Nc2ccc(N3Cc4ccccc4C3=O)cc2)c1. The van der Waals surface area contributed by atoms with Crippen LogP contribution in [0.15, 0.2) is 72.8 Å². The summed E-state index contributed by atoms with van der Waals surface area (Å²) in [6.45, 7) is 0.552. The Morgan fingerprint density at radius 3 is 2.53 bits per heavy atom. The van der Waals surface area contributed by atoms with Gasteiger partial charge in [0.2, 0.25) is 0 Å². The van der Waals surface area contributed by atoms with Crippen molar-refractivity contribution in [3.05, 3.63) is 89.5 Å². The first kappa shape index (κ1) is 19.6. The third-order valence-electron chi connectivity index (χ3n) is 4.82. The van der Waals surface area contributed by atoms with Crippen molar-refractivity contribution in [2.75, 3.05) is 17.3 Å². The second-order valence-electron chi connectivity index (χ2n) is 6.74. The summed E-state index contributed by atoms with van der Waals surface area (Å²) in [5.74, 6) is 0.256. The van der Waals surface area contributed by atoms with Gasteiger partial charge in [0.15, 0.2) is 5.11 Å². The molecule has 0 aromatic heterocycles. The van der Waals surface area contributed by atoms with Crippen molar-refractivity contribution in [1.82, 2.24) is 5.32 Å². The minimum absolute atomic E-state index is 0.00705. The first-order valence-corrected chi connectivity index (χ1v) is 9.72. The molecule has 1 aliphatic heterocycles. The molecule has 6 nitrogen and oxygen atoms in total. The molecule has 0 atom stereocenters. The third-order valence-corrected chi connectivity index (χ3v) is 5.02. The number of thiocarbonyl (C=S) groups is 1. The topological polar surface area (TPSA) is 70.7 Å². The Balaban J connectivity index is 1.38. The van der Waals surface area contributed by atoms with Crippen LogP contribution in [0, 0.1) is 0 Å². The lowest BCUT2D eigenvalue weighted by Crippen LogP contribution is -2.34. The fraction of sp³-hybridized carbons (Fsp3) is 0.0870. The largest absolute Gasteiger partial charge is 0.497 e. The van der Waals surface area contributed by atoms with E-state index in [9.17, 15) is 9.59 Å². The smallest absolute Gasteiger partial charge is 0.258 e. The van der Waals surface area contributed by atoms with E-state index >= 15 is 0 Å². The number of amides is 2. The fourth-order valence-corrected chi connectivity index (χ4v) is 3.50. The van der Waals surface area contributed by atoms with E-state index in [-0.39, 0.29) is 16.9 Å². The number of methoxy groups -OCH3 is 1. The lowest BCUT2D eigenvalue weighted by Gasteiger charge is -2.16. The minimum atomic E-state index is -0.330. The van der Waals surface area contributed by atoms with Crippen molar-refractivity contribution in [3.8, 4) is 5.75 Å². The Morgan fingerprint density at radius 1 is 1.03 bits per heavy atom. The lowest BCUT2D eigenvalue weighted by atomic mass is 10.1. The summed E-state index contributed by atoms with van der Waals surface area (Å²) >= 11 is 5.24. The van der Waals surface area contributed by atoms with Gasteiger partial charge in [0, 0.05) is 22.5 Å². The average Bonchev–Trinajstić information content (AvgIpc) is 3.11. The molecule has 0 saturated carbocycles. The molecule has 0 unspecified atom stereocenters. The van der Waals surface area contributed by atoms with Crippen LogP contribution in [0.3, 0.4) is 0 Å². The number of carbonyl (C=O) groups is 2. The van der Waals surface area contributed by atoms with Gasteiger partial charge in [-0.25, -0.2) is 0 Å². The zero-order valence-electron chi connectivity index (χ0n) is 16.2. The molecular formula is C23H19N3O3S. The molecule has 1 heterocycles. The lowest BCUT2D eigenvalue weighted by molar-refractivity contribution is 0.0974. The van der Waals surface area contributed by atoms with Gasteiger partial charge >= 0.3 is 0 Å². The Labute approximate surface area is 179 Å². The number of anilines is 2. The van der Waals surface area contributed by atoms with E-state index in [2.05, 4.69) is 10.6 Å². The molecule has 3 aromatic carbocycles. The monoisotopic (exact) mass is 417 g/mol. The van der Waals surface area contributed by atoms with Gasteiger partial charge in [-0.2, -0.15) is 0 Å². The van der Waals surface area contributed by atoms with Crippen molar-refractivity contribution in [2.45, 2.75) is 6.54 Å². The minimum Gasteiger partial charge on any atom is -0.497 e. The molecule has 2 amide bonds. The number of nitrogens with zero attached hydrogens (tertiary/aromatic N) is 1. The van der Waals surface area contributed by atoms with Crippen LogP contribution in [0.2, 0.25) is 0 Å². The van der Waals surface area contributed by atoms with Crippen LogP contribution in [0.5, 0.6) is 5.75 Å². The number of nitrogens with one attached hydrogen (secondary N) is 2. The van der Waals surface area contributed by atoms with Gasteiger partial charge in [-0.3, -0.25) is 14.9 Å². The quantitative estimate of drug-likeness (QED) is 0.629. The predicted octanol–water partition coefficient (Wildman–Crippen LogP) is 3.98. The zero-order valence-corrected chi connectivity index (χ0v) is 17.0. The number of ether oxygens (including phenoxy) is 1. The second kappa shape index (κ2) is 8.34. The van der Waals surface area contributed by atoms with Crippen LogP contribution in [0.4, 0.5) is 11.4 Å². The molecule has 0 bridgehead atoms. The van der Waals surface area contributed by atoms with Gasteiger partial charge in [0.1, 0.15) is 5.75 Å². The molecule has 30 heavy (non-hydrogen) atoms. The molecule has 2 N–H and O–H groups in total. The van der Waals surface area contributed by atoms with Crippen molar-refractivity contribution in [1.29, 1.82) is 0 Å². The highest BCUT2D eigenvalue weighted by Gasteiger charge is 2.27. The standard InChI is InChI=1S/C23H19N3O3S/c1-29-19-7-4-6-15(13-19)21(27)25-23(30)24-17-9-11-18(12-10-17)26-14-16-5-2-3-8-20(16)22(26)28/h2-13H,14H2,1H3,(H2,24,25,27,30). The predicted molar refractivity (Wildman–Crippen MR) is 120 cm³/mol. The molecule has 0 radical (unpaired) electrons. The molecule has 0 aliphatic carbocycles. The number of rotatable bonds is 4. The normalized spacial score (nSPS) is 12.3. The van der Waals surface area contributed by atoms with Crippen LogP contribution in [-0.4, -0.2) is 24.0 Å². The van der Waals surface area contributed by atoms with E-state index in [0.717, 1.165) is 16.8 Å². The summed E-state index contributed by atoms with van der Waals surface area (Å²) in [6.07, 6.45) is 0. The summed E-state index contributed by atoms with van der Waals surface area (Å²) in [5.41, 5.74) is 3.71. The van der Waals surface area contributed by atoms with Crippen molar-refractivity contribution >= 4 is 40.5 Å². The highest BCUT2D eigenvalue weighted by Crippen LogP contribution is 2.28. The molecule has 4 rings (SSSR count). The second-order valence-corrected chi connectivity index (χ2v) is 7.14. The van der Waals surface area contributed by atoms with E-state index in [1.54, 1.807) is 36.3 Å². The van der Waals surface area contributed by atoms with E-state index in [1.165, 1.54) is 0 Å². The maximum absolute atomic E-state index is 12.6. The number of carbonyl (C=O) groups excluding carboxylic acids is 2. The van der Waals surface area contributed by atoms with E-state index in [4.69, 9.17) is 17.0 Å². The number of hydrogen-bond donors (Lipinski definition) is 2. The van der Waals surface area contributed by atoms with Crippen LogP contribution in [0.1, 0.15) is 26.3 Å². The van der Waals surface area contributed by atoms with Gasteiger partial charge < -0.3 is 15.0 Å². The Kier molecular flexibility index (Phi) is 5.45. The Bertz CT molecular complexity index is 1130. The fourth-order valence-electron chi connectivity index (χ4n) is 3.29. The summed E-state index contributed by atoms with van der Waals surface area (Å²) in [5, 5.41) is 5.81. The van der Waals surface area contributed by atoms with Crippen LogP contribution < -0.4 is 20.3 Å². The molecule has 0 fully saturated rings. The van der Waals surface area contributed by atoms with Gasteiger partial charge in [-0.05, 0) is 66.3 Å². The molecule has 0 spiro atoms. The van der Waals surface area contributed by atoms with Gasteiger partial charge in [0.25, 0.3) is 11.8 Å². The summed E-state index contributed by atoms with van der Waals surface area (Å²) < 4.78 is 5.13. The molecular weight excluding hydrogens is 398 g/mol. The summed E-state index contributed by atoms with van der Waals surface area (Å²) in [4.78, 5) is 26.7. The van der Waals surface area contributed by atoms with Crippen LogP contribution >= 0.6 is 12.2 Å². The van der Waals surface area contributed by atoms with Crippen LogP contribution in [0.25, 0.3) is 0 Å². The molecule has 7 heteroatoms.